The highest BCUT2D eigenvalue weighted by atomic mass is 16.5. The fourth-order valence-corrected chi connectivity index (χ4v) is 8.46. The average molecular weight is 638 g/mol. The number of imidazole rings is 1. The minimum atomic E-state index is -0.172. The second-order valence-corrected chi connectivity index (χ2v) is 14.5. The maximum Gasteiger partial charge on any atom is 0.254 e. The zero-order valence-corrected chi connectivity index (χ0v) is 28.0. The predicted molar refractivity (Wildman–Crippen MR) is 182 cm³/mol. The summed E-state index contributed by atoms with van der Waals surface area (Å²) in [6.07, 6.45) is 10.8. The van der Waals surface area contributed by atoms with Crippen molar-refractivity contribution in [1.29, 1.82) is 0 Å². The monoisotopic (exact) mass is 637 g/mol. The first kappa shape index (κ1) is 30.4. The number of fused-ring (bicyclic) bond motifs is 3. The standard InChI is InChI=1S/C37H47N7O3/c1-23-27-11-10-25-20-30(44(33(25)40-27)17-7-5-4-6-13-37(14-15-37)36(46)39-23)34-41-28-19-26(21-31(47-3)32(28)42(34)2)35(45)43-18-12-24-9-8-16-38-29(24)22-43/h10-11,19-21,23-24,29,38H,4-9,12-18,22H2,1-3H3,(H,39,46)/t23-,24-,29+/m1/s1. The van der Waals surface area contributed by atoms with Gasteiger partial charge in [-0.05, 0) is 94.7 Å². The summed E-state index contributed by atoms with van der Waals surface area (Å²) in [4.78, 5) is 39.4. The molecule has 3 atom stereocenters. The molecule has 3 fully saturated rings. The molecule has 0 unspecified atom stereocenters. The Hall–Kier alpha value is -3.92. The van der Waals surface area contributed by atoms with E-state index < -0.39 is 0 Å². The van der Waals surface area contributed by atoms with Crippen LogP contribution in [0.2, 0.25) is 0 Å². The van der Waals surface area contributed by atoms with Crippen molar-refractivity contribution in [2.75, 3.05) is 26.7 Å². The van der Waals surface area contributed by atoms with Crippen LogP contribution < -0.4 is 15.4 Å². The first-order chi connectivity index (χ1) is 22.8. The summed E-state index contributed by atoms with van der Waals surface area (Å²) in [5, 5.41) is 7.97. The van der Waals surface area contributed by atoms with Crippen LogP contribution in [0.25, 0.3) is 33.6 Å². The van der Waals surface area contributed by atoms with Crippen molar-refractivity contribution in [3.8, 4) is 17.3 Å². The third kappa shape index (κ3) is 5.38. The number of nitrogens with one attached hydrogen (secondary N) is 2. The van der Waals surface area contributed by atoms with Crippen LogP contribution in [0.15, 0.2) is 30.3 Å². The fourth-order valence-electron chi connectivity index (χ4n) is 8.46. The number of piperidine rings is 2. The van der Waals surface area contributed by atoms with E-state index >= 15 is 0 Å². The van der Waals surface area contributed by atoms with Crippen LogP contribution >= 0.6 is 0 Å². The fraction of sp³-hybridized carbons (Fsp3) is 0.568. The molecule has 6 heterocycles. The number of nitrogens with zero attached hydrogens (tertiary/aromatic N) is 5. The molecule has 10 nitrogen and oxygen atoms in total. The first-order valence-corrected chi connectivity index (χ1v) is 17.7. The van der Waals surface area contributed by atoms with Crippen molar-refractivity contribution in [1.82, 2.24) is 34.6 Å². The maximum absolute atomic E-state index is 13.9. The van der Waals surface area contributed by atoms with Gasteiger partial charge in [0, 0.05) is 49.1 Å². The van der Waals surface area contributed by atoms with E-state index in [1.165, 1.54) is 12.8 Å². The summed E-state index contributed by atoms with van der Waals surface area (Å²) in [5.41, 5.74) is 4.83. The summed E-state index contributed by atoms with van der Waals surface area (Å²) in [5.74, 6) is 2.34. The number of hydrogen-bond acceptors (Lipinski definition) is 6. The van der Waals surface area contributed by atoms with Crippen LogP contribution in [-0.4, -0.2) is 68.6 Å². The molecule has 2 saturated heterocycles. The van der Waals surface area contributed by atoms with Crippen molar-refractivity contribution in [3.05, 3.63) is 41.6 Å². The molecule has 1 aliphatic carbocycles. The number of amides is 2. The summed E-state index contributed by atoms with van der Waals surface area (Å²) >= 11 is 0. The minimum Gasteiger partial charge on any atom is -0.494 e. The number of rotatable bonds is 3. The summed E-state index contributed by atoms with van der Waals surface area (Å²) in [6, 6.07) is 10.3. The Morgan fingerprint density at radius 2 is 1.85 bits per heavy atom. The number of hydrogen-bond donors (Lipinski definition) is 2. The number of aryl methyl sites for hydroxylation is 2. The highest BCUT2D eigenvalue weighted by molar-refractivity contribution is 6.00. The van der Waals surface area contributed by atoms with E-state index in [9.17, 15) is 9.59 Å². The molecule has 47 heavy (non-hydrogen) atoms. The van der Waals surface area contributed by atoms with Crippen molar-refractivity contribution in [2.45, 2.75) is 89.8 Å². The number of ether oxygens (including phenoxy) is 1. The number of aromatic nitrogens is 4. The van der Waals surface area contributed by atoms with Crippen molar-refractivity contribution in [2.24, 2.45) is 18.4 Å². The lowest BCUT2D eigenvalue weighted by molar-refractivity contribution is -0.127. The lowest BCUT2D eigenvalue weighted by Crippen LogP contribution is -2.54. The van der Waals surface area contributed by atoms with Crippen LogP contribution in [0, 0.1) is 11.3 Å². The number of likely N-dealkylation sites (tertiary alicyclic amines) is 1. The van der Waals surface area contributed by atoms with Crippen LogP contribution in [0.5, 0.6) is 5.75 Å². The molecule has 1 aromatic carbocycles. The summed E-state index contributed by atoms with van der Waals surface area (Å²) in [7, 11) is 3.68. The summed E-state index contributed by atoms with van der Waals surface area (Å²) in [6.45, 7) is 5.43. The Bertz CT molecular complexity index is 1850. The first-order valence-electron chi connectivity index (χ1n) is 17.7. The number of carbonyl (C=O) groups excluding carboxylic acids is 2. The number of carbonyl (C=O) groups is 2. The van der Waals surface area contributed by atoms with Gasteiger partial charge in [0.15, 0.2) is 5.82 Å². The van der Waals surface area contributed by atoms with Gasteiger partial charge in [0.1, 0.15) is 16.9 Å². The van der Waals surface area contributed by atoms with Crippen molar-refractivity contribution < 1.29 is 14.3 Å². The Balaban J connectivity index is 1.16. The van der Waals surface area contributed by atoms with Crippen LogP contribution in [-0.2, 0) is 18.4 Å². The highest BCUT2D eigenvalue weighted by Gasteiger charge is 2.49. The molecule has 10 heteroatoms. The summed E-state index contributed by atoms with van der Waals surface area (Å²) < 4.78 is 10.3. The molecule has 2 N–H and O–H groups in total. The topological polar surface area (TPSA) is 106 Å². The van der Waals surface area contributed by atoms with E-state index in [0.717, 1.165) is 117 Å². The SMILES string of the molecule is COc1cc(C(=O)N2CC[C@H]3CCCN[C@H]3C2)cc2nc(-c3cc4ccc5nc4n3CCCCCCC3(CC3)C(=O)N[C@@H]5C)n(C)c12. The Kier molecular flexibility index (Phi) is 7.73. The quantitative estimate of drug-likeness (QED) is 0.297. The molecule has 4 aromatic rings. The van der Waals surface area contributed by atoms with Crippen LogP contribution in [0.4, 0.5) is 0 Å². The molecule has 3 aromatic heterocycles. The van der Waals surface area contributed by atoms with E-state index in [1.807, 2.05) is 37.1 Å². The van der Waals surface area contributed by atoms with Gasteiger partial charge in [-0.1, -0.05) is 19.3 Å². The van der Waals surface area contributed by atoms with Crippen molar-refractivity contribution in [3.63, 3.8) is 0 Å². The lowest BCUT2D eigenvalue weighted by Gasteiger charge is -2.41. The van der Waals surface area contributed by atoms with E-state index in [0.29, 0.717) is 23.3 Å². The molecule has 1 saturated carbocycles. The predicted octanol–water partition coefficient (Wildman–Crippen LogP) is 5.73. The third-order valence-electron chi connectivity index (χ3n) is 11.5. The zero-order valence-electron chi connectivity index (χ0n) is 28.0. The Morgan fingerprint density at radius 1 is 1.00 bits per heavy atom. The van der Waals surface area contributed by atoms with E-state index in [2.05, 4.69) is 31.9 Å². The molecule has 8 rings (SSSR count). The second kappa shape index (κ2) is 12.0. The average Bonchev–Trinajstić information content (AvgIpc) is 3.70. The third-order valence-corrected chi connectivity index (χ3v) is 11.5. The van der Waals surface area contributed by atoms with E-state index in [-0.39, 0.29) is 23.3 Å². The minimum absolute atomic E-state index is 0.0380. The van der Waals surface area contributed by atoms with Crippen molar-refractivity contribution >= 4 is 33.9 Å². The molecule has 2 amide bonds. The second-order valence-electron chi connectivity index (χ2n) is 14.5. The lowest BCUT2D eigenvalue weighted by atomic mass is 9.85. The van der Waals surface area contributed by atoms with Gasteiger partial charge in [-0.3, -0.25) is 9.59 Å². The highest BCUT2D eigenvalue weighted by Crippen LogP contribution is 2.50. The van der Waals surface area contributed by atoms with Gasteiger partial charge in [0.05, 0.1) is 30.1 Å². The number of benzene rings is 1. The molecule has 0 radical (unpaired) electrons. The van der Waals surface area contributed by atoms with Gasteiger partial charge in [-0.15, -0.1) is 0 Å². The molecule has 248 valence electrons. The molecule has 4 aliphatic rings. The van der Waals surface area contributed by atoms with Crippen LogP contribution in [0.3, 0.4) is 0 Å². The molecular weight excluding hydrogens is 590 g/mol. The normalized spacial score (nSPS) is 24.7. The van der Waals surface area contributed by atoms with Gasteiger partial charge >= 0.3 is 0 Å². The van der Waals surface area contributed by atoms with Gasteiger partial charge in [0.25, 0.3) is 5.91 Å². The van der Waals surface area contributed by atoms with Gasteiger partial charge in [0.2, 0.25) is 5.91 Å². The van der Waals surface area contributed by atoms with E-state index in [1.54, 1.807) is 7.11 Å². The van der Waals surface area contributed by atoms with E-state index in [4.69, 9.17) is 14.7 Å². The van der Waals surface area contributed by atoms with Gasteiger partial charge in [-0.2, -0.15) is 0 Å². The van der Waals surface area contributed by atoms with Gasteiger partial charge in [-0.25, -0.2) is 9.97 Å². The molecule has 3 aliphatic heterocycles. The zero-order chi connectivity index (χ0) is 32.3. The van der Waals surface area contributed by atoms with Gasteiger partial charge < -0.3 is 29.4 Å². The maximum atomic E-state index is 13.9. The smallest absolute Gasteiger partial charge is 0.254 e. The molecular formula is C37H47N7O3. The Labute approximate surface area is 276 Å². The Morgan fingerprint density at radius 3 is 2.68 bits per heavy atom. The van der Waals surface area contributed by atoms with Crippen LogP contribution in [0.1, 0.15) is 93.2 Å². The largest absolute Gasteiger partial charge is 0.494 e. The number of pyridine rings is 1. The number of methoxy groups -OCH3 is 1. The molecule has 1 spiro atoms. The molecule has 2 bridgehead atoms.